The summed E-state index contributed by atoms with van der Waals surface area (Å²) in [6, 6.07) is 9.04. The van der Waals surface area contributed by atoms with Crippen LogP contribution >= 0.6 is 15.9 Å². The molecule has 182 valence electrons. The highest BCUT2D eigenvalue weighted by Gasteiger charge is 2.23. The van der Waals surface area contributed by atoms with Crippen LogP contribution in [0.3, 0.4) is 0 Å². The molecule has 1 aliphatic carbocycles. The lowest BCUT2D eigenvalue weighted by Gasteiger charge is -2.22. The monoisotopic (exact) mass is 542 g/mol. The number of rotatable bonds is 7. The number of aromatic nitrogens is 2. The van der Waals surface area contributed by atoms with Crippen LogP contribution < -0.4 is 10.3 Å². The van der Waals surface area contributed by atoms with E-state index < -0.39 is 17.0 Å². The average molecular weight is 543 g/mol. The minimum Gasteiger partial charge on any atom is -0.479 e. The van der Waals surface area contributed by atoms with Gasteiger partial charge in [0.05, 0.1) is 22.0 Å². The number of carboxylic acids is 1. The highest BCUT2D eigenvalue weighted by molar-refractivity contribution is 9.10. The zero-order chi connectivity index (χ0) is 25.1. The molecule has 2 aromatic carbocycles. The second-order valence-corrected chi connectivity index (χ2v) is 9.32. The molecular weight excluding hydrogens is 520 g/mol. The third-order valence-electron chi connectivity index (χ3n) is 5.97. The fourth-order valence-corrected chi connectivity index (χ4v) is 4.48. The molecule has 0 aliphatic heterocycles. The van der Waals surface area contributed by atoms with Crippen LogP contribution in [0.4, 0.5) is 5.69 Å². The van der Waals surface area contributed by atoms with Gasteiger partial charge in [0.25, 0.3) is 11.2 Å². The first kappa shape index (κ1) is 24.5. The maximum absolute atomic E-state index is 13.5. The minimum absolute atomic E-state index is 0.0505. The molecule has 1 aromatic heterocycles. The number of carboxylic acid groups (broad SMARTS) is 1. The highest BCUT2D eigenvalue weighted by atomic mass is 79.9. The van der Waals surface area contributed by atoms with Crippen LogP contribution in [0, 0.1) is 10.1 Å². The first-order valence-electron chi connectivity index (χ1n) is 11.2. The Labute approximate surface area is 208 Å². The van der Waals surface area contributed by atoms with Crippen molar-refractivity contribution in [3.05, 3.63) is 72.7 Å². The van der Waals surface area contributed by atoms with E-state index in [1.54, 1.807) is 12.1 Å². The van der Waals surface area contributed by atoms with E-state index in [0.29, 0.717) is 16.7 Å². The number of non-ortho nitro benzene ring substituents is 1. The van der Waals surface area contributed by atoms with Crippen LogP contribution in [0.15, 0.2) is 50.8 Å². The number of nitro groups is 1. The first-order chi connectivity index (χ1) is 16.7. The number of ether oxygens (including phenoxy) is 1. The maximum atomic E-state index is 13.5. The van der Waals surface area contributed by atoms with E-state index in [1.807, 2.05) is 6.07 Å². The van der Waals surface area contributed by atoms with Gasteiger partial charge in [-0.05, 0) is 44.0 Å². The zero-order valence-electron chi connectivity index (χ0n) is 18.9. The van der Waals surface area contributed by atoms with Crippen molar-refractivity contribution in [2.75, 3.05) is 0 Å². The van der Waals surface area contributed by atoms with Gasteiger partial charge < -0.3 is 9.84 Å². The summed E-state index contributed by atoms with van der Waals surface area (Å²) in [7, 11) is 0. The van der Waals surface area contributed by atoms with Crippen LogP contribution in [0.1, 0.15) is 56.3 Å². The van der Waals surface area contributed by atoms with Crippen molar-refractivity contribution >= 4 is 44.7 Å². The van der Waals surface area contributed by atoms with E-state index in [0.717, 1.165) is 36.6 Å². The molecule has 35 heavy (non-hydrogen) atoms. The molecule has 0 unspecified atom stereocenters. The van der Waals surface area contributed by atoms with Crippen LogP contribution in [0.2, 0.25) is 0 Å². The smallest absolute Gasteiger partial charge is 0.344 e. The Morgan fingerprint density at radius 1 is 1.29 bits per heavy atom. The van der Waals surface area contributed by atoms with E-state index in [2.05, 4.69) is 21.0 Å². The number of carbonyl (C=O) groups is 1. The molecule has 3 aromatic rings. The Kier molecular flexibility index (Phi) is 7.25. The molecule has 0 bridgehead atoms. The predicted molar refractivity (Wildman–Crippen MR) is 133 cm³/mol. The highest BCUT2D eigenvalue weighted by Crippen LogP contribution is 2.32. The number of hydrogen-bond acceptors (Lipinski definition) is 7. The van der Waals surface area contributed by atoms with Gasteiger partial charge in [-0.25, -0.2) is 9.78 Å². The predicted octanol–water partition coefficient (Wildman–Crippen LogP) is 4.85. The molecule has 0 spiro atoms. The standard InChI is InChI=1S/C24H23BrN4O6/c1-14(24(31)32)35-21-10-8-18(29(33)34)11-16(21)13-26-28-22(15-5-3-2-4-6-15)27-20-9-7-17(25)12-19(20)23(28)30/h7-15H,2-6H2,1H3,(H,31,32)/t14-/m1/s1. The van der Waals surface area contributed by atoms with Crippen LogP contribution in [0.5, 0.6) is 5.75 Å². The van der Waals surface area contributed by atoms with Crippen molar-refractivity contribution in [3.8, 4) is 5.75 Å². The van der Waals surface area contributed by atoms with E-state index in [1.165, 1.54) is 36.0 Å². The summed E-state index contributed by atoms with van der Waals surface area (Å²) in [6.45, 7) is 1.35. The molecule has 0 saturated heterocycles. The van der Waals surface area contributed by atoms with Crippen molar-refractivity contribution in [2.45, 2.75) is 51.0 Å². The third-order valence-corrected chi connectivity index (χ3v) is 6.46. The van der Waals surface area contributed by atoms with E-state index in [9.17, 15) is 24.8 Å². The van der Waals surface area contributed by atoms with E-state index >= 15 is 0 Å². The van der Waals surface area contributed by atoms with Gasteiger partial charge in [0.1, 0.15) is 11.6 Å². The minimum atomic E-state index is -1.19. The van der Waals surface area contributed by atoms with Gasteiger partial charge in [-0.1, -0.05) is 35.2 Å². The molecule has 1 N–H and O–H groups in total. The number of fused-ring (bicyclic) bond motifs is 1. The number of benzene rings is 2. The normalized spacial score (nSPS) is 15.4. The summed E-state index contributed by atoms with van der Waals surface area (Å²) in [6.07, 6.45) is 5.02. The second-order valence-electron chi connectivity index (χ2n) is 8.41. The second kappa shape index (κ2) is 10.3. The Morgan fingerprint density at radius 2 is 2.03 bits per heavy atom. The van der Waals surface area contributed by atoms with Gasteiger partial charge in [-0.15, -0.1) is 0 Å². The Bertz CT molecular complexity index is 1380. The molecule has 0 radical (unpaired) electrons. The summed E-state index contributed by atoms with van der Waals surface area (Å²) >= 11 is 3.38. The van der Waals surface area contributed by atoms with Crippen molar-refractivity contribution < 1.29 is 19.6 Å². The van der Waals surface area contributed by atoms with Gasteiger partial charge in [0.2, 0.25) is 0 Å². The zero-order valence-corrected chi connectivity index (χ0v) is 20.5. The lowest BCUT2D eigenvalue weighted by atomic mass is 9.88. The molecule has 11 heteroatoms. The molecule has 4 rings (SSSR count). The molecule has 1 saturated carbocycles. The van der Waals surface area contributed by atoms with Gasteiger partial charge in [-0.2, -0.15) is 9.78 Å². The molecule has 1 atom stereocenters. The topological polar surface area (TPSA) is 137 Å². The lowest BCUT2D eigenvalue weighted by Crippen LogP contribution is -2.25. The van der Waals surface area contributed by atoms with Gasteiger partial charge in [0, 0.05) is 28.1 Å². The van der Waals surface area contributed by atoms with Crippen molar-refractivity contribution in [1.82, 2.24) is 9.66 Å². The summed E-state index contributed by atoms with van der Waals surface area (Å²) in [5.74, 6) is -0.508. The van der Waals surface area contributed by atoms with Crippen LogP contribution in [0.25, 0.3) is 10.9 Å². The maximum Gasteiger partial charge on any atom is 0.344 e. The van der Waals surface area contributed by atoms with E-state index in [-0.39, 0.29) is 28.5 Å². The van der Waals surface area contributed by atoms with Crippen molar-refractivity contribution in [1.29, 1.82) is 0 Å². The summed E-state index contributed by atoms with van der Waals surface area (Å²) in [5, 5.41) is 25.3. The fraction of sp³-hybridized carbons (Fsp3) is 0.333. The summed E-state index contributed by atoms with van der Waals surface area (Å²) < 4.78 is 7.44. The lowest BCUT2D eigenvalue weighted by molar-refractivity contribution is -0.384. The van der Waals surface area contributed by atoms with Crippen molar-refractivity contribution in [3.63, 3.8) is 0 Å². The number of hydrogen-bond donors (Lipinski definition) is 1. The van der Waals surface area contributed by atoms with Gasteiger partial charge in [0.15, 0.2) is 6.10 Å². The first-order valence-corrected chi connectivity index (χ1v) is 12.0. The van der Waals surface area contributed by atoms with Crippen LogP contribution in [-0.4, -0.2) is 38.0 Å². The molecule has 1 heterocycles. The van der Waals surface area contributed by atoms with Gasteiger partial charge in [-0.3, -0.25) is 14.9 Å². The fourth-order valence-electron chi connectivity index (χ4n) is 4.12. The van der Waals surface area contributed by atoms with Gasteiger partial charge >= 0.3 is 5.97 Å². The Balaban J connectivity index is 1.85. The average Bonchev–Trinajstić information content (AvgIpc) is 2.84. The molecular formula is C24H23BrN4O6. The largest absolute Gasteiger partial charge is 0.479 e. The molecule has 0 amide bonds. The molecule has 1 aliphatic rings. The Hall–Kier alpha value is -3.60. The number of aliphatic carboxylic acids is 1. The third kappa shape index (κ3) is 5.40. The number of nitro benzene ring substituents is 1. The Morgan fingerprint density at radius 3 is 2.71 bits per heavy atom. The van der Waals surface area contributed by atoms with Crippen molar-refractivity contribution in [2.24, 2.45) is 5.10 Å². The molecule has 10 nitrogen and oxygen atoms in total. The van der Waals surface area contributed by atoms with Crippen LogP contribution in [-0.2, 0) is 4.79 Å². The molecule has 1 fully saturated rings. The summed E-state index contributed by atoms with van der Waals surface area (Å²) in [4.78, 5) is 40.2. The number of nitrogens with zero attached hydrogens (tertiary/aromatic N) is 4. The quantitative estimate of drug-likeness (QED) is 0.256. The number of halogens is 1. The van der Waals surface area contributed by atoms with E-state index in [4.69, 9.17) is 9.72 Å². The SMILES string of the molecule is C[C@@H](Oc1ccc([N+](=O)[O-])cc1C=Nn1c(C2CCCCC2)nc2ccc(Br)cc2c1=O)C(=O)O. The summed E-state index contributed by atoms with van der Waals surface area (Å²) in [5.41, 5.74) is 0.158.